The fourth-order valence-electron chi connectivity index (χ4n) is 3.22. The van der Waals surface area contributed by atoms with Crippen LogP contribution in [0.25, 0.3) is 0 Å². The Morgan fingerprint density at radius 2 is 1.86 bits per heavy atom. The van der Waals surface area contributed by atoms with Crippen LogP contribution in [0.1, 0.15) is 62.8 Å². The Morgan fingerprint density at radius 3 is 2.43 bits per heavy atom. The predicted octanol–water partition coefficient (Wildman–Crippen LogP) is 5.82. The number of hydrogen-bond donors (Lipinski definition) is 1. The van der Waals surface area contributed by atoms with E-state index < -0.39 is 6.10 Å². The fraction of sp³-hybridized carbons (Fsp3) is 0.435. The molecule has 28 heavy (non-hydrogen) atoms. The maximum Gasteiger partial charge on any atom is 0.261 e. The van der Waals surface area contributed by atoms with Crippen LogP contribution < -0.4 is 14.8 Å². The summed E-state index contributed by atoms with van der Waals surface area (Å²) in [6.07, 6.45) is -0.0202. The molecule has 0 fully saturated rings. The molecule has 1 N–H and O–H groups in total. The zero-order chi connectivity index (χ0) is 20.8. The molecule has 0 aliphatic rings. The van der Waals surface area contributed by atoms with Gasteiger partial charge in [-0.1, -0.05) is 38.4 Å². The molecule has 0 aromatic heterocycles. The van der Waals surface area contributed by atoms with E-state index in [0.717, 1.165) is 22.4 Å². The summed E-state index contributed by atoms with van der Waals surface area (Å²) in [5.74, 6) is 1.65. The topological polar surface area (TPSA) is 47.6 Å². The van der Waals surface area contributed by atoms with Crippen LogP contribution in [0.3, 0.4) is 0 Å². The lowest BCUT2D eigenvalue weighted by atomic mass is 9.93. The van der Waals surface area contributed by atoms with Gasteiger partial charge in [0.25, 0.3) is 5.91 Å². The molecule has 2 aromatic rings. The fourth-order valence-corrected chi connectivity index (χ4v) is 3.40. The van der Waals surface area contributed by atoms with Crippen molar-refractivity contribution in [3.63, 3.8) is 0 Å². The number of halogens is 1. The second-order valence-corrected chi connectivity index (χ2v) is 7.74. The molecule has 4 nitrogen and oxygen atoms in total. The molecule has 0 aliphatic heterocycles. The predicted molar refractivity (Wildman–Crippen MR) is 115 cm³/mol. The zero-order valence-electron chi connectivity index (χ0n) is 17.5. The van der Waals surface area contributed by atoms with Crippen molar-refractivity contribution in [2.24, 2.45) is 0 Å². The van der Waals surface area contributed by atoms with Crippen LogP contribution in [0.5, 0.6) is 11.5 Å². The highest BCUT2D eigenvalue weighted by molar-refractivity contribution is 6.30. The van der Waals surface area contributed by atoms with Crippen LogP contribution in [0.2, 0.25) is 5.02 Å². The molecule has 0 unspecified atom stereocenters. The zero-order valence-corrected chi connectivity index (χ0v) is 18.3. The lowest BCUT2D eigenvalue weighted by Gasteiger charge is -2.23. The van der Waals surface area contributed by atoms with Gasteiger partial charge in [-0.05, 0) is 73.2 Å². The molecule has 5 heteroatoms. The number of hydrogen-bond acceptors (Lipinski definition) is 3. The molecule has 0 heterocycles. The Kier molecular flexibility index (Phi) is 7.76. The van der Waals surface area contributed by atoms with E-state index in [0.29, 0.717) is 23.1 Å². The van der Waals surface area contributed by atoms with Gasteiger partial charge >= 0.3 is 0 Å². The third-order valence-corrected chi connectivity index (χ3v) is 5.04. The number of benzene rings is 2. The van der Waals surface area contributed by atoms with Crippen molar-refractivity contribution in [2.75, 3.05) is 7.11 Å². The van der Waals surface area contributed by atoms with Gasteiger partial charge in [0.2, 0.25) is 0 Å². The third-order valence-electron chi connectivity index (χ3n) is 4.80. The van der Waals surface area contributed by atoms with Crippen LogP contribution in [-0.2, 0) is 4.79 Å². The first-order valence-electron chi connectivity index (χ1n) is 9.67. The van der Waals surface area contributed by atoms with Crippen LogP contribution in [0.15, 0.2) is 36.4 Å². The molecule has 2 atom stereocenters. The van der Waals surface area contributed by atoms with Gasteiger partial charge in [-0.2, -0.15) is 0 Å². The van der Waals surface area contributed by atoms with E-state index in [4.69, 9.17) is 21.1 Å². The van der Waals surface area contributed by atoms with Crippen molar-refractivity contribution < 1.29 is 14.3 Å². The summed E-state index contributed by atoms with van der Waals surface area (Å²) in [6.45, 7) is 10.2. The van der Waals surface area contributed by atoms with Crippen molar-refractivity contribution in [3.8, 4) is 11.5 Å². The number of nitrogens with one attached hydrogen (secondary N) is 1. The van der Waals surface area contributed by atoms with Gasteiger partial charge < -0.3 is 14.8 Å². The first-order chi connectivity index (χ1) is 13.3. The van der Waals surface area contributed by atoms with E-state index in [-0.39, 0.29) is 11.9 Å². The van der Waals surface area contributed by atoms with Gasteiger partial charge in [-0.15, -0.1) is 0 Å². The second kappa shape index (κ2) is 9.83. The van der Waals surface area contributed by atoms with Crippen molar-refractivity contribution in [2.45, 2.75) is 59.1 Å². The van der Waals surface area contributed by atoms with Gasteiger partial charge in [-0.25, -0.2) is 0 Å². The molecule has 2 rings (SSSR count). The molecule has 0 saturated carbocycles. The molecular weight excluding hydrogens is 374 g/mol. The maximum atomic E-state index is 12.8. The standard InChI is InChI=1S/C23H30ClNO3/c1-7-21(28-18-10-8-9-17(24)12-18)23(26)25-16(5)20-13-19(14(2)3)22(27-6)11-15(20)4/h8-14,16,21H,7H2,1-6H3,(H,25,26)/t16-,21-/m0/s1. The molecule has 2 aromatic carbocycles. The van der Waals surface area contributed by atoms with Gasteiger partial charge in [-0.3, -0.25) is 4.79 Å². The van der Waals surface area contributed by atoms with Crippen LogP contribution in [0, 0.1) is 6.92 Å². The summed E-state index contributed by atoms with van der Waals surface area (Å²) in [5.41, 5.74) is 3.29. The minimum absolute atomic E-state index is 0.142. The Balaban J connectivity index is 2.17. The van der Waals surface area contributed by atoms with E-state index in [2.05, 4.69) is 25.2 Å². The summed E-state index contributed by atoms with van der Waals surface area (Å²) in [7, 11) is 1.69. The average molecular weight is 404 g/mol. The number of ether oxygens (including phenoxy) is 2. The largest absolute Gasteiger partial charge is 0.496 e. The van der Waals surface area contributed by atoms with Crippen molar-refractivity contribution >= 4 is 17.5 Å². The Morgan fingerprint density at radius 1 is 1.14 bits per heavy atom. The lowest BCUT2D eigenvalue weighted by Crippen LogP contribution is -2.39. The average Bonchev–Trinajstić information content (AvgIpc) is 2.65. The van der Waals surface area contributed by atoms with Crippen molar-refractivity contribution in [1.82, 2.24) is 5.32 Å². The van der Waals surface area contributed by atoms with Gasteiger partial charge in [0.15, 0.2) is 6.10 Å². The van der Waals surface area contributed by atoms with E-state index in [1.54, 1.807) is 31.4 Å². The highest BCUT2D eigenvalue weighted by Crippen LogP contribution is 2.32. The van der Waals surface area contributed by atoms with Crippen molar-refractivity contribution in [1.29, 1.82) is 0 Å². The van der Waals surface area contributed by atoms with Crippen LogP contribution in [-0.4, -0.2) is 19.1 Å². The number of methoxy groups -OCH3 is 1. The Bertz CT molecular complexity index is 819. The lowest BCUT2D eigenvalue weighted by molar-refractivity contribution is -0.128. The van der Waals surface area contributed by atoms with Gasteiger partial charge in [0.05, 0.1) is 13.2 Å². The number of aryl methyl sites for hydroxylation is 1. The molecular formula is C23H30ClNO3. The summed E-state index contributed by atoms with van der Waals surface area (Å²) < 4.78 is 11.4. The first kappa shape index (κ1) is 22.1. The van der Waals surface area contributed by atoms with Gasteiger partial charge in [0, 0.05) is 5.02 Å². The van der Waals surface area contributed by atoms with Gasteiger partial charge in [0.1, 0.15) is 11.5 Å². The third kappa shape index (κ3) is 5.41. The van der Waals surface area contributed by atoms with Crippen LogP contribution >= 0.6 is 11.6 Å². The first-order valence-corrected chi connectivity index (χ1v) is 10.1. The monoisotopic (exact) mass is 403 g/mol. The number of rotatable bonds is 8. The van der Waals surface area contributed by atoms with E-state index in [1.807, 2.05) is 26.8 Å². The second-order valence-electron chi connectivity index (χ2n) is 7.31. The van der Waals surface area contributed by atoms with E-state index in [9.17, 15) is 4.79 Å². The molecule has 0 bridgehead atoms. The number of carbonyl (C=O) groups is 1. The summed E-state index contributed by atoms with van der Waals surface area (Å²) in [4.78, 5) is 12.8. The number of amides is 1. The quantitative estimate of drug-likeness (QED) is 0.604. The Labute approximate surface area is 173 Å². The maximum absolute atomic E-state index is 12.8. The van der Waals surface area contributed by atoms with E-state index in [1.165, 1.54) is 0 Å². The van der Waals surface area contributed by atoms with E-state index >= 15 is 0 Å². The highest BCUT2D eigenvalue weighted by Gasteiger charge is 2.22. The normalized spacial score (nSPS) is 13.1. The Hall–Kier alpha value is -2.20. The SMILES string of the molecule is CC[C@H](Oc1cccc(Cl)c1)C(=O)N[C@@H](C)c1cc(C(C)C)c(OC)cc1C. The molecule has 1 amide bonds. The van der Waals surface area contributed by atoms with Crippen LogP contribution in [0.4, 0.5) is 0 Å². The minimum atomic E-state index is -0.580. The smallest absolute Gasteiger partial charge is 0.261 e. The molecule has 0 spiro atoms. The summed E-state index contributed by atoms with van der Waals surface area (Å²) >= 11 is 6.01. The molecule has 152 valence electrons. The molecule has 0 radical (unpaired) electrons. The summed E-state index contributed by atoms with van der Waals surface area (Å²) in [6, 6.07) is 11.1. The number of carbonyl (C=O) groups excluding carboxylic acids is 1. The summed E-state index contributed by atoms with van der Waals surface area (Å²) in [5, 5.41) is 3.67. The molecule has 0 saturated heterocycles. The minimum Gasteiger partial charge on any atom is -0.496 e. The van der Waals surface area contributed by atoms with Crippen molar-refractivity contribution in [3.05, 3.63) is 58.1 Å². The highest BCUT2D eigenvalue weighted by atomic mass is 35.5. The molecule has 0 aliphatic carbocycles.